The molecule has 0 aliphatic rings. The van der Waals surface area contributed by atoms with Crippen molar-refractivity contribution in [2.45, 2.75) is 6.92 Å². The molecule has 4 rings (SSSR count). The molecule has 0 radical (unpaired) electrons. The molecule has 0 fully saturated rings. The van der Waals surface area contributed by atoms with Gasteiger partial charge in [0.25, 0.3) is 5.56 Å². The van der Waals surface area contributed by atoms with Crippen molar-refractivity contribution in [3.8, 4) is 11.1 Å². The van der Waals surface area contributed by atoms with Crippen LogP contribution in [0.1, 0.15) is 26.4 Å². The fourth-order valence-electron chi connectivity index (χ4n) is 3.62. The lowest BCUT2D eigenvalue weighted by atomic mass is 9.96. The Bertz CT molecular complexity index is 1340. The van der Waals surface area contributed by atoms with Crippen molar-refractivity contribution < 1.29 is 14.3 Å². The predicted molar refractivity (Wildman–Crippen MR) is 120 cm³/mol. The van der Waals surface area contributed by atoms with E-state index in [0.717, 1.165) is 11.1 Å². The molecule has 1 aromatic heterocycles. The van der Waals surface area contributed by atoms with Crippen molar-refractivity contribution >= 4 is 22.5 Å². The molecule has 5 heteroatoms. The highest BCUT2D eigenvalue weighted by Gasteiger charge is 2.23. The van der Waals surface area contributed by atoms with Crippen LogP contribution in [0.25, 0.3) is 21.9 Å². The molecule has 3 aromatic carbocycles. The number of benzene rings is 3. The molecule has 0 aliphatic carbocycles. The zero-order chi connectivity index (χ0) is 22.0. The third-order valence-electron chi connectivity index (χ3n) is 5.27. The molecule has 0 saturated heterocycles. The highest BCUT2D eigenvalue weighted by atomic mass is 16.5. The van der Waals surface area contributed by atoms with Gasteiger partial charge in [0.2, 0.25) is 0 Å². The van der Waals surface area contributed by atoms with Crippen LogP contribution in [0.4, 0.5) is 0 Å². The summed E-state index contributed by atoms with van der Waals surface area (Å²) < 4.78 is 6.67. The van der Waals surface area contributed by atoms with E-state index < -0.39 is 12.6 Å². The molecular formula is C26H21NO4. The second kappa shape index (κ2) is 8.40. The fourth-order valence-corrected chi connectivity index (χ4v) is 3.62. The molecule has 0 unspecified atom stereocenters. The highest BCUT2D eigenvalue weighted by Crippen LogP contribution is 2.31. The summed E-state index contributed by atoms with van der Waals surface area (Å²) in [5, 5.41) is 1.17. The maximum Gasteiger partial charge on any atom is 0.356 e. The minimum Gasteiger partial charge on any atom is -0.453 e. The third-order valence-corrected chi connectivity index (χ3v) is 5.27. The number of ketones is 1. The van der Waals surface area contributed by atoms with Gasteiger partial charge in [0, 0.05) is 23.6 Å². The number of carbonyl (C=O) groups excluding carboxylic acids is 2. The van der Waals surface area contributed by atoms with Crippen LogP contribution in [-0.2, 0) is 11.8 Å². The van der Waals surface area contributed by atoms with Crippen LogP contribution in [0.3, 0.4) is 0 Å². The molecule has 31 heavy (non-hydrogen) atoms. The van der Waals surface area contributed by atoms with E-state index >= 15 is 0 Å². The number of hydrogen-bond acceptors (Lipinski definition) is 4. The average Bonchev–Trinajstić information content (AvgIpc) is 2.80. The van der Waals surface area contributed by atoms with Crippen LogP contribution in [-0.4, -0.2) is 22.9 Å². The molecule has 0 aliphatic heterocycles. The van der Waals surface area contributed by atoms with Gasteiger partial charge in [0.15, 0.2) is 12.4 Å². The zero-order valence-electron chi connectivity index (χ0n) is 17.3. The Balaban J connectivity index is 1.81. The van der Waals surface area contributed by atoms with Gasteiger partial charge in [-0.3, -0.25) is 9.59 Å². The van der Waals surface area contributed by atoms with Gasteiger partial charge in [-0.1, -0.05) is 78.4 Å². The molecule has 0 atom stereocenters. The number of carbonyl (C=O) groups is 2. The number of rotatable bonds is 5. The summed E-state index contributed by atoms with van der Waals surface area (Å²) >= 11 is 0. The zero-order valence-corrected chi connectivity index (χ0v) is 17.3. The summed E-state index contributed by atoms with van der Waals surface area (Å²) in [6, 6.07) is 23.5. The summed E-state index contributed by atoms with van der Waals surface area (Å²) in [6.45, 7) is 1.57. The minimum absolute atomic E-state index is 0.119. The normalized spacial score (nSPS) is 10.8. The number of aryl methyl sites for hydroxylation is 1. The quantitative estimate of drug-likeness (QED) is 0.357. The van der Waals surface area contributed by atoms with Gasteiger partial charge in [-0.15, -0.1) is 0 Å². The van der Waals surface area contributed by atoms with Gasteiger partial charge in [-0.2, -0.15) is 0 Å². The molecule has 0 N–H and O–H groups in total. The second-order valence-corrected chi connectivity index (χ2v) is 7.36. The van der Waals surface area contributed by atoms with Crippen LogP contribution in [0, 0.1) is 6.92 Å². The van der Waals surface area contributed by atoms with E-state index in [1.54, 1.807) is 43.4 Å². The topological polar surface area (TPSA) is 65.4 Å². The molecule has 0 spiro atoms. The van der Waals surface area contributed by atoms with Gasteiger partial charge in [0.05, 0.1) is 0 Å². The van der Waals surface area contributed by atoms with E-state index in [2.05, 4.69) is 0 Å². The Morgan fingerprint density at radius 1 is 0.839 bits per heavy atom. The van der Waals surface area contributed by atoms with Crippen molar-refractivity contribution in [3.05, 3.63) is 106 Å². The predicted octanol–water partition coefficient (Wildman–Crippen LogP) is 4.55. The molecule has 154 valence electrons. The van der Waals surface area contributed by atoms with Crippen LogP contribution in [0.5, 0.6) is 0 Å². The van der Waals surface area contributed by atoms with E-state index in [1.807, 2.05) is 49.4 Å². The van der Waals surface area contributed by atoms with Gasteiger partial charge in [-0.25, -0.2) is 4.79 Å². The van der Waals surface area contributed by atoms with Crippen molar-refractivity contribution in [2.24, 2.45) is 7.05 Å². The van der Waals surface area contributed by atoms with Gasteiger partial charge in [-0.05, 0) is 23.9 Å². The maximum absolute atomic E-state index is 13.1. The lowest BCUT2D eigenvalue weighted by molar-refractivity contribution is 0.0465. The Hall–Kier alpha value is -3.99. The Morgan fingerprint density at radius 2 is 1.45 bits per heavy atom. The van der Waals surface area contributed by atoms with Crippen molar-refractivity contribution in [2.75, 3.05) is 6.61 Å². The van der Waals surface area contributed by atoms with Crippen molar-refractivity contribution in [1.82, 2.24) is 4.57 Å². The summed E-state index contributed by atoms with van der Waals surface area (Å²) in [5.74, 6) is -1.03. The molecule has 1 heterocycles. The molecule has 4 aromatic rings. The smallest absolute Gasteiger partial charge is 0.356 e. The number of fused-ring (bicyclic) bond motifs is 1. The Labute approximate surface area is 179 Å². The monoisotopic (exact) mass is 411 g/mol. The molecule has 0 amide bonds. The van der Waals surface area contributed by atoms with Crippen LogP contribution >= 0.6 is 0 Å². The first kappa shape index (κ1) is 20.3. The van der Waals surface area contributed by atoms with E-state index in [0.29, 0.717) is 21.9 Å². The van der Waals surface area contributed by atoms with Crippen LogP contribution in [0.2, 0.25) is 0 Å². The largest absolute Gasteiger partial charge is 0.453 e. The average molecular weight is 411 g/mol. The minimum atomic E-state index is -0.717. The fraction of sp³-hybridized carbons (Fsp3) is 0.115. The third kappa shape index (κ3) is 3.90. The number of pyridine rings is 1. The number of nitrogens with zero attached hydrogens (tertiary/aromatic N) is 1. The van der Waals surface area contributed by atoms with E-state index in [4.69, 9.17) is 4.74 Å². The van der Waals surface area contributed by atoms with Crippen LogP contribution in [0.15, 0.2) is 83.7 Å². The van der Waals surface area contributed by atoms with E-state index in [1.165, 1.54) is 4.57 Å². The molecule has 0 saturated carbocycles. The Kier molecular flexibility index (Phi) is 5.50. The number of ether oxygens (including phenoxy) is 1. The standard InChI is InChI=1S/C26H21NO4/c1-17-12-14-19(15-13-17)23-20-10-6-7-11-21(20)25(29)27(2)24(23)26(30)31-16-22(28)18-8-4-3-5-9-18/h3-15H,16H2,1-2H3. The summed E-state index contributed by atoms with van der Waals surface area (Å²) in [7, 11) is 1.54. The lowest BCUT2D eigenvalue weighted by Crippen LogP contribution is -2.27. The summed E-state index contributed by atoms with van der Waals surface area (Å²) in [4.78, 5) is 38.5. The van der Waals surface area contributed by atoms with Gasteiger partial charge in [0.1, 0.15) is 5.69 Å². The summed E-state index contributed by atoms with van der Waals surface area (Å²) in [5.41, 5.74) is 2.76. The van der Waals surface area contributed by atoms with Crippen molar-refractivity contribution in [3.63, 3.8) is 0 Å². The first-order valence-electron chi connectivity index (χ1n) is 9.91. The first-order chi connectivity index (χ1) is 15.0. The van der Waals surface area contributed by atoms with Gasteiger partial charge < -0.3 is 9.30 Å². The molecular weight excluding hydrogens is 390 g/mol. The number of aromatic nitrogens is 1. The van der Waals surface area contributed by atoms with Crippen molar-refractivity contribution in [1.29, 1.82) is 0 Å². The molecule has 0 bridgehead atoms. The molecule has 5 nitrogen and oxygen atoms in total. The highest BCUT2D eigenvalue weighted by molar-refractivity contribution is 6.07. The first-order valence-corrected chi connectivity index (χ1v) is 9.91. The van der Waals surface area contributed by atoms with Crippen LogP contribution < -0.4 is 5.56 Å². The summed E-state index contributed by atoms with van der Waals surface area (Å²) in [6.07, 6.45) is 0. The number of Topliss-reactive ketones (excluding diaryl/α,β-unsaturated/α-hetero) is 1. The lowest BCUT2D eigenvalue weighted by Gasteiger charge is -2.17. The van der Waals surface area contributed by atoms with E-state index in [-0.39, 0.29) is 17.0 Å². The second-order valence-electron chi connectivity index (χ2n) is 7.36. The van der Waals surface area contributed by atoms with E-state index in [9.17, 15) is 14.4 Å². The van der Waals surface area contributed by atoms with Gasteiger partial charge >= 0.3 is 5.97 Å². The number of hydrogen-bond donors (Lipinski definition) is 0. The Morgan fingerprint density at radius 3 is 2.13 bits per heavy atom. The number of esters is 1. The SMILES string of the molecule is Cc1ccc(-c2c(C(=O)OCC(=O)c3ccccc3)n(C)c(=O)c3ccccc23)cc1. The maximum atomic E-state index is 13.1.